The molecule has 0 spiro atoms. The van der Waals surface area contributed by atoms with Crippen LogP contribution in [0.3, 0.4) is 0 Å². The molecule has 1 aromatic heterocycles. The van der Waals surface area contributed by atoms with Crippen LogP contribution in [0, 0.1) is 0 Å². The monoisotopic (exact) mass is 360 g/mol. The predicted octanol–water partition coefficient (Wildman–Crippen LogP) is 2.81. The quantitative estimate of drug-likeness (QED) is 0.911. The van der Waals surface area contributed by atoms with Crippen LogP contribution < -0.4 is 10.9 Å². The maximum atomic E-state index is 12.4. The fourth-order valence-electron chi connectivity index (χ4n) is 2.86. The number of carbonyl (C=O) groups is 1. The summed E-state index contributed by atoms with van der Waals surface area (Å²) in [5.41, 5.74) is 0.686. The smallest absolute Gasteiger partial charge is 0.251 e. The largest absolute Gasteiger partial charge is 0.345 e. The first-order valence-corrected chi connectivity index (χ1v) is 8.11. The van der Waals surface area contributed by atoms with Crippen molar-refractivity contribution in [2.75, 3.05) is 0 Å². The van der Waals surface area contributed by atoms with Gasteiger partial charge < -0.3 is 9.88 Å². The van der Waals surface area contributed by atoms with Gasteiger partial charge in [-0.15, -0.1) is 0 Å². The standard InChI is InChI=1S/C17H17BrN2O2/c18-14-7-8-16(22)20(11-14)12-15(21)19-17(9-4-10-17)13-5-2-1-3-6-13/h1-3,5-8,11H,4,9-10,12H2,(H,19,21). The van der Waals surface area contributed by atoms with Gasteiger partial charge in [-0.3, -0.25) is 9.59 Å². The van der Waals surface area contributed by atoms with Crippen molar-refractivity contribution in [3.63, 3.8) is 0 Å². The molecule has 5 heteroatoms. The maximum Gasteiger partial charge on any atom is 0.251 e. The van der Waals surface area contributed by atoms with E-state index in [1.165, 1.54) is 10.6 Å². The number of nitrogens with one attached hydrogen (secondary N) is 1. The second-order valence-electron chi connectivity index (χ2n) is 5.66. The second kappa shape index (κ2) is 6.08. The summed E-state index contributed by atoms with van der Waals surface area (Å²) >= 11 is 3.32. The second-order valence-corrected chi connectivity index (χ2v) is 6.58. The van der Waals surface area contributed by atoms with Crippen molar-refractivity contribution >= 4 is 21.8 Å². The van der Waals surface area contributed by atoms with Gasteiger partial charge in [-0.2, -0.15) is 0 Å². The van der Waals surface area contributed by atoms with Crippen LogP contribution in [0.4, 0.5) is 0 Å². The molecule has 1 aliphatic rings. The number of amides is 1. The molecule has 1 fully saturated rings. The summed E-state index contributed by atoms with van der Waals surface area (Å²) in [5.74, 6) is -0.135. The minimum Gasteiger partial charge on any atom is -0.345 e. The third kappa shape index (κ3) is 2.99. The molecule has 4 nitrogen and oxygen atoms in total. The summed E-state index contributed by atoms with van der Waals surface area (Å²) in [6.45, 7) is 0.0346. The molecule has 0 atom stereocenters. The van der Waals surface area contributed by atoms with Crippen molar-refractivity contribution < 1.29 is 4.79 Å². The van der Waals surface area contributed by atoms with E-state index in [1.807, 2.05) is 30.3 Å². The number of carbonyl (C=O) groups excluding carboxylic acids is 1. The zero-order valence-corrected chi connectivity index (χ0v) is 13.7. The highest BCUT2D eigenvalue weighted by Gasteiger charge is 2.39. The van der Waals surface area contributed by atoms with E-state index in [9.17, 15) is 9.59 Å². The van der Waals surface area contributed by atoms with Gasteiger partial charge in [-0.05, 0) is 46.8 Å². The summed E-state index contributed by atoms with van der Waals surface area (Å²) in [5, 5.41) is 3.13. The lowest BCUT2D eigenvalue weighted by Gasteiger charge is -2.43. The number of benzene rings is 1. The molecule has 0 bridgehead atoms. The van der Waals surface area contributed by atoms with Crippen LogP contribution >= 0.6 is 15.9 Å². The van der Waals surface area contributed by atoms with Gasteiger partial charge >= 0.3 is 0 Å². The molecular weight excluding hydrogens is 344 g/mol. The lowest BCUT2D eigenvalue weighted by molar-refractivity contribution is -0.125. The van der Waals surface area contributed by atoms with E-state index >= 15 is 0 Å². The predicted molar refractivity (Wildman–Crippen MR) is 88.5 cm³/mol. The highest BCUT2D eigenvalue weighted by atomic mass is 79.9. The number of halogens is 1. The summed E-state index contributed by atoms with van der Waals surface area (Å²) in [7, 11) is 0. The number of pyridine rings is 1. The van der Waals surface area contributed by atoms with Gasteiger partial charge in [0.1, 0.15) is 6.54 Å². The number of hydrogen-bond donors (Lipinski definition) is 1. The number of nitrogens with zero attached hydrogens (tertiary/aromatic N) is 1. The van der Waals surface area contributed by atoms with E-state index in [4.69, 9.17) is 0 Å². The molecule has 0 aliphatic heterocycles. The molecule has 1 heterocycles. The van der Waals surface area contributed by atoms with Crippen molar-refractivity contribution in [2.24, 2.45) is 0 Å². The maximum absolute atomic E-state index is 12.4. The van der Waals surface area contributed by atoms with E-state index in [2.05, 4.69) is 21.2 Å². The first kappa shape index (κ1) is 15.0. The molecule has 0 unspecified atom stereocenters. The minimum absolute atomic E-state index is 0.0346. The Labute approximate surface area is 137 Å². The molecule has 1 aromatic carbocycles. The van der Waals surface area contributed by atoms with Gasteiger partial charge in [0.25, 0.3) is 5.56 Å². The highest BCUT2D eigenvalue weighted by Crippen LogP contribution is 2.41. The van der Waals surface area contributed by atoms with Crippen molar-refractivity contribution in [1.82, 2.24) is 9.88 Å². The van der Waals surface area contributed by atoms with Crippen LogP contribution in [0.5, 0.6) is 0 Å². The molecule has 1 saturated carbocycles. The van der Waals surface area contributed by atoms with Crippen LogP contribution in [0.2, 0.25) is 0 Å². The van der Waals surface area contributed by atoms with Crippen molar-refractivity contribution in [1.29, 1.82) is 0 Å². The fraction of sp³-hybridized carbons (Fsp3) is 0.294. The Bertz CT molecular complexity index is 736. The first-order valence-electron chi connectivity index (χ1n) is 7.32. The van der Waals surface area contributed by atoms with E-state index in [0.717, 1.165) is 29.3 Å². The summed E-state index contributed by atoms with van der Waals surface area (Å²) in [6.07, 6.45) is 4.62. The molecule has 1 amide bonds. The molecule has 1 N–H and O–H groups in total. The Morgan fingerprint density at radius 2 is 1.91 bits per heavy atom. The third-order valence-corrected chi connectivity index (χ3v) is 4.64. The molecule has 114 valence electrons. The van der Waals surface area contributed by atoms with Gasteiger partial charge in [-0.1, -0.05) is 30.3 Å². The van der Waals surface area contributed by atoms with E-state index in [-0.39, 0.29) is 23.6 Å². The van der Waals surface area contributed by atoms with Crippen LogP contribution in [-0.4, -0.2) is 10.5 Å². The molecule has 2 aromatic rings. The molecule has 1 aliphatic carbocycles. The SMILES string of the molecule is O=C(Cn1cc(Br)ccc1=O)NC1(c2ccccc2)CCC1. The number of hydrogen-bond acceptors (Lipinski definition) is 2. The molecule has 22 heavy (non-hydrogen) atoms. The summed E-state index contributed by atoms with van der Waals surface area (Å²) in [4.78, 5) is 24.2. The number of rotatable bonds is 4. The molecule has 0 saturated heterocycles. The Kier molecular flexibility index (Phi) is 4.16. The van der Waals surface area contributed by atoms with Crippen LogP contribution in [-0.2, 0) is 16.9 Å². The molecule has 0 radical (unpaired) electrons. The van der Waals surface area contributed by atoms with Gasteiger partial charge in [-0.25, -0.2) is 0 Å². The number of aromatic nitrogens is 1. The molecular formula is C17H17BrN2O2. The fourth-order valence-corrected chi connectivity index (χ4v) is 3.24. The average molecular weight is 361 g/mol. The highest BCUT2D eigenvalue weighted by molar-refractivity contribution is 9.10. The lowest BCUT2D eigenvalue weighted by atomic mass is 9.72. The van der Waals surface area contributed by atoms with Crippen LogP contribution in [0.15, 0.2) is 57.9 Å². The van der Waals surface area contributed by atoms with Crippen LogP contribution in [0.1, 0.15) is 24.8 Å². The van der Waals surface area contributed by atoms with Crippen molar-refractivity contribution in [3.05, 3.63) is 69.1 Å². The summed E-state index contributed by atoms with van der Waals surface area (Å²) in [6, 6.07) is 13.2. The Hall–Kier alpha value is -1.88. The molecule has 3 rings (SSSR count). The van der Waals surface area contributed by atoms with Crippen molar-refractivity contribution in [2.45, 2.75) is 31.3 Å². The van der Waals surface area contributed by atoms with Gasteiger partial charge in [0.15, 0.2) is 0 Å². The Balaban J connectivity index is 1.76. The van der Waals surface area contributed by atoms with E-state index in [1.54, 1.807) is 12.3 Å². The average Bonchev–Trinajstić information content (AvgIpc) is 2.48. The van der Waals surface area contributed by atoms with Crippen molar-refractivity contribution in [3.8, 4) is 0 Å². The Morgan fingerprint density at radius 3 is 2.55 bits per heavy atom. The third-order valence-electron chi connectivity index (χ3n) is 4.17. The lowest BCUT2D eigenvalue weighted by Crippen LogP contribution is -2.52. The van der Waals surface area contributed by atoms with E-state index < -0.39 is 0 Å². The zero-order valence-electron chi connectivity index (χ0n) is 12.1. The van der Waals surface area contributed by atoms with Crippen LogP contribution in [0.25, 0.3) is 0 Å². The normalized spacial score (nSPS) is 15.9. The van der Waals surface area contributed by atoms with Gasteiger partial charge in [0.05, 0.1) is 5.54 Å². The Morgan fingerprint density at radius 1 is 1.18 bits per heavy atom. The first-order chi connectivity index (χ1) is 10.6. The van der Waals surface area contributed by atoms with E-state index in [0.29, 0.717) is 0 Å². The minimum atomic E-state index is -0.270. The summed E-state index contributed by atoms with van der Waals surface area (Å²) < 4.78 is 2.19. The van der Waals surface area contributed by atoms with Gasteiger partial charge in [0, 0.05) is 16.7 Å². The zero-order chi connectivity index (χ0) is 15.6. The topological polar surface area (TPSA) is 51.1 Å². The van der Waals surface area contributed by atoms with Gasteiger partial charge in [0.2, 0.25) is 5.91 Å².